The highest BCUT2D eigenvalue weighted by molar-refractivity contribution is 5.87. The zero-order chi connectivity index (χ0) is 10.8. The summed E-state index contributed by atoms with van der Waals surface area (Å²) < 4.78 is 5.30. The van der Waals surface area contributed by atoms with E-state index in [4.69, 9.17) is 4.74 Å². The monoisotopic (exact) mass is 202 g/mol. The van der Waals surface area contributed by atoms with Gasteiger partial charge in [-0.05, 0) is 24.3 Å². The van der Waals surface area contributed by atoms with Gasteiger partial charge in [-0.2, -0.15) is 0 Å². The predicted molar refractivity (Wildman–Crippen MR) is 62.6 cm³/mol. The number of nitrogens with zero attached hydrogens (tertiary/aromatic N) is 2. The number of anilines is 1. The Bertz CT molecular complexity index is 480. The molecule has 0 saturated heterocycles. The summed E-state index contributed by atoms with van der Waals surface area (Å²) in [6, 6.07) is 8.02. The first kappa shape index (κ1) is 9.77. The van der Waals surface area contributed by atoms with Crippen molar-refractivity contribution in [2.45, 2.75) is 0 Å². The molecule has 0 saturated carbocycles. The van der Waals surface area contributed by atoms with E-state index in [1.54, 1.807) is 13.3 Å². The van der Waals surface area contributed by atoms with Crippen LogP contribution < -0.4 is 9.64 Å². The Balaban J connectivity index is 2.67. The third-order valence-corrected chi connectivity index (χ3v) is 2.42. The Kier molecular flexibility index (Phi) is 2.46. The molecule has 2 aromatic rings. The summed E-state index contributed by atoms with van der Waals surface area (Å²) in [5.41, 5.74) is 2.11. The molecule has 0 atom stereocenters. The second-order valence-corrected chi connectivity index (χ2v) is 3.61. The number of methoxy groups -OCH3 is 1. The number of rotatable bonds is 2. The first-order valence-corrected chi connectivity index (χ1v) is 4.82. The second kappa shape index (κ2) is 3.77. The molecule has 0 bridgehead atoms. The molecule has 0 amide bonds. The summed E-state index contributed by atoms with van der Waals surface area (Å²) in [6.45, 7) is 0. The van der Waals surface area contributed by atoms with E-state index in [2.05, 4.69) is 22.0 Å². The Morgan fingerprint density at radius 2 is 2.00 bits per heavy atom. The second-order valence-electron chi connectivity index (χ2n) is 3.61. The molecule has 3 heteroatoms. The highest BCUT2D eigenvalue weighted by atomic mass is 16.5. The SMILES string of the molecule is COc1ccnc2ccc(N(C)C)cc12. The van der Waals surface area contributed by atoms with Crippen LogP contribution in [0, 0.1) is 0 Å². The molecule has 2 rings (SSSR count). The normalized spacial score (nSPS) is 10.3. The summed E-state index contributed by atoms with van der Waals surface area (Å²) in [7, 11) is 5.71. The van der Waals surface area contributed by atoms with Crippen LogP contribution in [-0.4, -0.2) is 26.2 Å². The van der Waals surface area contributed by atoms with Crippen molar-refractivity contribution in [3.8, 4) is 5.75 Å². The standard InChI is InChI=1S/C12H14N2O/c1-14(2)9-4-5-11-10(8-9)12(15-3)6-7-13-11/h4-8H,1-3H3. The van der Waals surface area contributed by atoms with E-state index < -0.39 is 0 Å². The van der Waals surface area contributed by atoms with Crippen LogP contribution in [0.2, 0.25) is 0 Å². The molecule has 0 fully saturated rings. The van der Waals surface area contributed by atoms with Crippen molar-refractivity contribution in [2.75, 3.05) is 26.1 Å². The Labute approximate surface area is 89.3 Å². The fourth-order valence-electron chi connectivity index (χ4n) is 1.57. The van der Waals surface area contributed by atoms with Crippen molar-refractivity contribution in [1.82, 2.24) is 4.98 Å². The van der Waals surface area contributed by atoms with E-state index in [0.29, 0.717) is 0 Å². The number of ether oxygens (including phenoxy) is 1. The maximum Gasteiger partial charge on any atom is 0.129 e. The van der Waals surface area contributed by atoms with Gasteiger partial charge >= 0.3 is 0 Å². The molecule has 0 spiro atoms. The van der Waals surface area contributed by atoms with Crippen molar-refractivity contribution < 1.29 is 4.74 Å². The molecule has 1 aromatic carbocycles. The number of hydrogen-bond donors (Lipinski definition) is 0. The largest absolute Gasteiger partial charge is 0.496 e. The first-order chi connectivity index (χ1) is 7.22. The van der Waals surface area contributed by atoms with E-state index in [0.717, 1.165) is 22.3 Å². The summed E-state index contributed by atoms with van der Waals surface area (Å²) in [4.78, 5) is 6.35. The quantitative estimate of drug-likeness (QED) is 0.747. The molecular formula is C12H14N2O. The maximum atomic E-state index is 5.30. The lowest BCUT2D eigenvalue weighted by molar-refractivity contribution is 0.419. The van der Waals surface area contributed by atoms with E-state index in [9.17, 15) is 0 Å². The third kappa shape index (κ3) is 1.73. The minimum Gasteiger partial charge on any atom is -0.496 e. The number of pyridine rings is 1. The number of fused-ring (bicyclic) bond motifs is 1. The van der Waals surface area contributed by atoms with Gasteiger partial charge in [-0.3, -0.25) is 4.98 Å². The zero-order valence-electron chi connectivity index (χ0n) is 9.19. The minimum atomic E-state index is 0.865. The molecule has 15 heavy (non-hydrogen) atoms. The molecule has 0 aliphatic rings. The lowest BCUT2D eigenvalue weighted by atomic mass is 10.2. The van der Waals surface area contributed by atoms with Crippen molar-refractivity contribution in [1.29, 1.82) is 0 Å². The highest BCUT2D eigenvalue weighted by Gasteiger charge is 2.03. The van der Waals surface area contributed by atoms with Gasteiger partial charge < -0.3 is 9.64 Å². The molecular weight excluding hydrogens is 188 g/mol. The summed E-state index contributed by atoms with van der Waals surface area (Å²) in [6.07, 6.45) is 1.76. The van der Waals surface area contributed by atoms with E-state index >= 15 is 0 Å². The molecule has 0 aliphatic carbocycles. The average molecular weight is 202 g/mol. The van der Waals surface area contributed by atoms with Gasteiger partial charge in [0.25, 0.3) is 0 Å². The van der Waals surface area contributed by atoms with Crippen LogP contribution >= 0.6 is 0 Å². The van der Waals surface area contributed by atoms with Gasteiger partial charge in [-0.1, -0.05) is 0 Å². The molecule has 78 valence electrons. The number of benzene rings is 1. The van der Waals surface area contributed by atoms with Gasteiger partial charge in [0.15, 0.2) is 0 Å². The lowest BCUT2D eigenvalue weighted by Gasteiger charge is -2.13. The molecule has 0 unspecified atom stereocenters. The van der Waals surface area contributed by atoms with Crippen molar-refractivity contribution >= 4 is 16.6 Å². The Morgan fingerprint density at radius 1 is 1.20 bits per heavy atom. The van der Waals surface area contributed by atoms with Crippen LogP contribution in [-0.2, 0) is 0 Å². The predicted octanol–water partition coefficient (Wildman–Crippen LogP) is 2.31. The highest BCUT2D eigenvalue weighted by Crippen LogP contribution is 2.27. The Hall–Kier alpha value is -1.77. The van der Waals surface area contributed by atoms with Crippen LogP contribution in [0.15, 0.2) is 30.5 Å². The smallest absolute Gasteiger partial charge is 0.129 e. The van der Waals surface area contributed by atoms with Gasteiger partial charge in [0.1, 0.15) is 5.75 Å². The average Bonchev–Trinajstić information content (AvgIpc) is 2.27. The number of hydrogen-bond acceptors (Lipinski definition) is 3. The van der Waals surface area contributed by atoms with Crippen LogP contribution in [0.4, 0.5) is 5.69 Å². The molecule has 0 N–H and O–H groups in total. The zero-order valence-corrected chi connectivity index (χ0v) is 9.19. The van der Waals surface area contributed by atoms with Gasteiger partial charge in [0, 0.05) is 31.4 Å². The summed E-state index contributed by atoms with van der Waals surface area (Å²) in [5, 5.41) is 1.05. The molecule has 3 nitrogen and oxygen atoms in total. The van der Waals surface area contributed by atoms with Crippen LogP contribution in [0.3, 0.4) is 0 Å². The minimum absolute atomic E-state index is 0.865. The molecule has 0 aliphatic heterocycles. The van der Waals surface area contributed by atoms with Crippen molar-refractivity contribution in [2.24, 2.45) is 0 Å². The lowest BCUT2D eigenvalue weighted by Crippen LogP contribution is -2.08. The fraction of sp³-hybridized carbons (Fsp3) is 0.250. The van der Waals surface area contributed by atoms with Gasteiger partial charge in [0.05, 0.1) is 12.6 Å². The summed E-state index contributed by atoms with van der Waals surface area (Å²) >= 11 is 0. The topological polar surface area (TPSA) is 25.4 Å². The van der Waals surface area contributed by atoms with Gasteiger partial charge in [-0.25, -0.2) is 0 Å². The number of aromatic nitrogens is 1. The first-order valence-electron chi connectivity index (χ1n) is 4.82. The molecule has 1 aromatic heterocycles. The molecule has 1 heterocycles. The van der Waals surface area contributed by atoms with Gasteiger partial charge in [0.2, 0.25) is 0 Å². The summed E-state index contributed by atoms with van der Waals surface area (Å²) in [5.74, 6) is 0.865. The third-order valence-electron chi connectivity index (χ3n) is 2.42. The van der Waals surface area contributed by atoms with Crippen molar-refractivity contribution in [3.63, 3.8) is 0 Å². The van der Waals surface area contributed by atoms with E-state index in [1.807, 2.05) is 26.2 Å². The Morgan fingerprint density at radius 3 is 2.67 bits per heavy atom. The molecule has 0 radical (unpaired) electrons. The van der Waals surface area contributed by atoms with Crippen molar-refractivity contribution in [3.05, 3.63) is 30.5 Å². The van der Waals surface area contributed by atoms with E-state index in [-0.39, 0.29) is 0 Å². The maximum absolute atomic E-state index is 5.30. The van der Waals surface area contributed by atoms with Crippen LogP contribution in [0.1, 0.15) is 0 Å². The van der Waals surface area contributed by atoms with Crippen LogP contribution in [0.25, 0.3) is 10.9 Å². The van der Waals surface area contributed by atoms with Crippen LogP contribution in [0.5, 0.6) is 5.75 Å². The fourth-order valence-corrected chi connectivity index (χ4v) is 1.57. The van der Waals surface area contributed by atoms with E-state index in [1.165, 1.54) is 0 Å². The van der Waals surface area contributed by atoms with Gasteiger partial charge in [-0.15, -0.1) is 0 Å².